The Morgan fingerprint density at radius 3 is 1.93 bits per heavy atom. The van der Waals surface area contributed by atoms with Crippen LogP contribution < -0.4 is 4.90 Å². The number of nitrogens with zero attached hydrogens (tertiary/aromatic N) is 1. The first kappa shape index (κ1) is 36.6. The molecular formula is C48H50F3NOSi. The minimum atomic E-state index is -4.43. The van der Waals surface area contributed by atoms with Gasteiger partial charge in [0.25, 0.3) is 0 Å². The summed E-state index contributed by atoms with van der Waals surface area (Å²) in [5.74, 6) is 0. The molecule has 2 nitrogen and oxygen atoms in total. The molecule has 2 aliphatic carbocycles. The Morgan fingerprint density at radius 2 is 1.26 bits per heavy atom. The summed E-state index contributed by atoms with van der Waals surface area (Å²) in [6, 6.07) is 40.4. The van der Waals surface area contributed by atoms with Crippen molar-refractivity contribution < 1.29 is 17.9 Å². The topological polar surface area (TPSA) is 12.5 Å². The van der Waals surface area contributed by atoms with Gasteiger partial charge in [-0.2, -0.15) is 13.2 Å². The van der Waals surface area contributed by atoms with Crippen LogP contribution in [0.25, 0.3) is 21.9 Å². The second-order valence-corrected chi connectivity index (χ2v) is 21.1. The van der Waals surface area contributed by atoms with Gasteiger partial charge < -0.3 is 9.64 Å². The van der Waals surface area contributed by atoms with Crippen LogP contribution in [0, 0.1) is 6.92 Å². The fraction of sp³-hybridized carbons (Fsp3) is 0.333. The predicted molar refractivity (Wildman–Crippen MR) is 219 cm³/mol. The number of ether oxygens (including phenoxy) is 1. The quantitative estimate of drug-likeness (QED) is 0.0987. The number of hydrogen-bond acceptors (Lipinski definition) is 2. The van der Waals surface area contributed by atoms with E-state index in [1.807, 2.05) is 0 Å². The van der Waals surface area contributed by atoms with Gasteiger partial charge in [-0.15, -0.1) is 0 Å². The molecule has 2 unspecified atom stereocenters. The van der Waals surface area contributed by atoms with Crippen molar-refractivity contribution >= 4 is 24.5 Å². The van der Waals surface area contributed by atoms with E-state index in [0.717, 1.165) is 49.6 Å². The van der Waals surface area contributed by atoms with Crippen molar-refractivity contribution in [2.45, 2.75) is 95.9 Å². The van der Waals surface area contributed by atoms with Crippen LogP contribution in [0.4, 0.5) is 18.9 Å². The lowest BCUT2D eigenvalue weighted by atomic mass is 10.0. The van der Waals surface area contributed by atoms with Gasteiger partial charge in [-0.25, -0.2) is 0 Å². The normalized spacial score (nSPS) is 17.3. The van der Waals surface area contributed by atoms with E-state index >= 15 is 0 Å². The van der Waals surface area contributed by atoms with E-state index in [4.69, 9.17) is 4.74 Å². The lowest BCUT2D eigenvalue weighted by Gasteiger charge is -2.38. The second kappa shape index (κ2) is 14.0. The van der Waals surface area contributed by atoms with Crippen molar-refractivity contribution in [3.05, 3.63) is 160 Å². The first-order valence-electron chi connectivity index (χ1n) is 19.6. The Balaban J connectivity index is 1.29. The molecule has 0 N–H and O–H groups in total. The van der Waals surface area contributed by atoms with Crippen molar-refractivity contribution in [3.8, 4) is 11.1 Å². The number of alkyl halides is 3. The molecule has 1 heterocycles. The molecule has 0 saturated heterocycles. The van der Waals surface area contributed by atoms with E-state index in [2.05, 4.69) is 130 Å². The molecule has 2 atom stereocenters. The van der Waals surface area contributed by atoms with E-state index < -0.39 is 19.8 Å². The Bertz CT molecular complexity index is 2190. The standard InChI is InChI=1S/C48H50F3NOSi/c1-32-26-27-42-40(30-32)43-44(52(42)31-33-18-8-15-25-41(33)48(49,50)51)36-21-11-14-24-39(36)46(43)54(5,29-17-7-6-16-28-53-47(2,3)4)45-37-22-12-9-19-34(37)35-20-10-13-23-38(35)45/h8-15,18-27,30,44-45H,6-7,16-17,28-29,31H2,1-5H3. The number of anilines is 1. The Morgan fingerprint density at radius 1 is 0.667 bits per heavy atom. The third-order valence-electron chi connectivity index (χ3n) is 12.0. The molecule has 1 aliphatic heterocycles. The van der Waals surface area contributed by atoms with Crippen molar-refractivity contribution in [1.82, 2.24) is 0 Å². The zero-order valence-electron chi connectivity index (χ0n) is 32.1. The highest BCUT2D eigenvalue weighted by molar-refractivity contribution is 6.99. The van der Waals surface area contributed by atoms with Gasteiger partial charge in [0.1, 0.15) is 0 Å². The van der Waals surface area contributed by atoms with Gasteiger partial charge in [0.15, 0.2) is 0 Å². The van der Waals surface area contributed by atoms with Crippen LogP contribution in [0.2, 0.25) is 12.6 Å². The maximum atomic E-state index is 14.5. The smallest absolute Gasteiger partial charge is 0.376 e. The second-order valence-electron chi connectivity index (χ2n) is 16.7. The molecule has 0 amide bonds. The summed E-state index contributed by atoms with van der Waals surface area (Å²) >= 11 is 0. The first-order chi connectivity index (χ1) is 25.9. The fourth-order valence-electron chi connectivity index (χ4n) is 9.75. The van der Waals surface area contributed by atoms with Gasteiger partial charge in [-0.05, 0) is 102 Å². The van der Waals surface area contributed by atoms with Crippen LogP contribution in [0.3, 0.4) is 0 Å². The van der Waals surface area contributed by atoms with E-state index in [-0.39, 0.29) is 23.7 Å². The molecule has 278 valence electrons. The maximum Gasteiger partial charge on any atom is 0.416 e. The summed E-state index contributed by atoms with van der Waals surface area (Å²) < 4.78 is 49.4. The van der Waals surface area contributed by atoms with E-state index in [1.165, 1.54) is 61.8 Å². The van der Waals surface area contributed by atoms with Crippen LogP contribution >= 0.6 is 0 Å². The predicted octanol–water partition coefficient (Wildman–Crippen LogP) is 13.3. The summed E-state index contributed by atoms with van der Waals surface area (Å²) in [5.41, 5.74) is 12.5. The summed E-state index contributed by atoms with van der Waals surface area (Å²) in [6.07, 6.45) is -0.0121. The Kier molecular flexibility index (Phi) is 9.50. The summed E-state index contributed by atoms with van der Waals surface area (Å²) in [5, 5.41) is 1.48. The lowest BCUT2D eigenvalue weighted by Crippen LogP contribution is -2.40. The van der Waals surface area contributed by atoms with Crippen LogP contribution in [-0.4, -0.2) is 20.3 Å². The van der Waals surface area contributed by atoms with Crippen LogP contribution in [0.1, 0.15) is 103 Å². The number of aryl methyl sites for hydroxylation is 1. The van der Waals surface area contributed by atoms with Crippen LogP contribution in [-0.2, 0) is 17.5 Å². The average Bonchev–Trinajstić information content (AvgIpc) is 3.77. The molecular weight excluding hydrogens is 692 g/mol. The van der Waals surface area contributed by atoms with Crippen molar-refractivity contribution in [3.63, 3.8) is 0 Å². The molecule has 54 heavy (non-hydrogen) atoms. The molecule has 5 aromatic rings. The van der Waals surface area contributed by atoms with Gasteiger partial charge in [-0.3, -0.25) is 0 Å². The third kappa shape index (κ3) is 6.45. The molecule has 8 rings (SSSR count). The number of benzene rings is 5. The maximum absolute atomic E-state index is 14.5. The van der Waals surface area contributed by atoms with Crippen LogP contribution in [0.5, 0.6) is 0 Å². The zero-order valence-corrected chi connectivity index (χ0v) is 33.1. The number of halogens is 3. The van der Waals surface area contributed by atoms with E-state index in [9.17, 15) is 13.2 Å². The monoisotopic (exact) mass is 741 g/mol. The van der Waals surface area contributed by atoms with Gasteiger partial charge >= 0.3 is 6.18 Å². The summed E-state index contributed by atoms with van der Waals surface area (Å²) in [6.45, 7) is 12.0. The molecule has 0 aromatic heterocycles. The fourth-order valence-corrected chi connectivity index (χ4v) is 15.2. The highest BCUT2D eigenvalue weighted by atomic mass is 28.3. The highest BCUT2D eigenvalue weighted by Crippen LogP contribution is 2.63. The van der Waals surface area contributed by atoms with Crippen molar-refractivity contribution in [2.24, 2.45) is 0 Å². The molecule has 0 spiro atoms. The Hall–Kier alpha value is -4.39. The third-order valence-corrected chi connectivity index (χ3v) is 16.9. The van der Waals surface area contributed by atoms with E-state index in [1.54, 1.807) is 12.1 Å². The van der Waals surface area contributed by atoms with Gasteiger partial charge in [0, 0.05) is 29.9 Å². The minimum absolute atomic E-state index is 0.131. The zero-order chi connectivity index (χ0) is 37.8. The molecule has 6 heteroatoms. The highest BCUT2D eigenvalue weighted by Gasteiger charge is 2.53. The molecule has 0 fully saturated rings. The number of rotatable bonds is 11. The molecule has 5 aromatic carbocycles. The lowest BCUT2D eigenvalue weighted by molar-refractivity contribution is -0.138. The SMILES string of the molecule is Cc1ccc2c(c1)C1=C([Si](C)(CCCCCCOC(C)(C)C)C3c4ccccc4-c4ccccc43)c3ccccc3C1N2Cc1ccccc1C(F)(F)F. The molecule has 0 radical (unpaired) electrons. The summed E-state index contributed by atoms with van der Waals surface area (Å²) in [7, 11) is -2.53. The molecule has 0 bridgehead atoms. The minimum Gasteiger partial charge on any atom is -0.376 e. The number of unbranched alkanes of at least 4 members (excludes halogenated alkanes) is 3. The molecule has 0 saturated carbocycles. The Labute approximate surface area is 319 Å². The number of fused-ring (bicyclic) bond motifs is 8. The molecule has 3 aliphatic rings. The van der Waals surface area contributed by atoms with Gasteiger partial charge in [-0.1, -0.05) is 134 Å². The average molecular weight is 742 g/mol. The van der Waals surface area contributed by atoms with E-state index in [0.29, 0.717) is 5.56 Å². The summed E-state index contributed by atoms with van der Waals surface area (Å²) in [4.78, 5) is 2.26. The first-order valence-corrected chi connectivity index (χ1v) is 22.3. The van der Waals surface area contributed by atoms with Gasteiger partial charge in [0.2, 0.25) is 0 Å². The van der Waals surface area contributed by atoms with Gasteiger partial charge in [0.05, 0.1) is 25.3 Å². The van der Waals surface area contributed by atoms with Crippen LogP contribution in [0.15, 0.2) is 115 Å². The largest absolute Gasteiger partial charge is 0.416 e. The number of hydrogen-bond donors (Lipinski definition) is 0. The van der Waals surface area contributed by atoms with Crippen molar-refractivity contribution in [2.75, 3.05) is 11.5 Å². The van der Waals surface area contributed by atoms with Crippen molar-refractivity contribution in [1.29, 1.82) is 0 Å².